The van der Waals surface area contributed by atoms with Gasteiger partial charge < -0.3 is 20.5 Å². The molecule has 102 valence electrons. The molecule has 3 N–H and O–H groups in total. The first-order valence-corrected chi connectivity index (χ1v) is 6.94. The fraction of sp³-hybridized carbons (Fsp3) is 0.923. The summed E-state index contributed by atoms with van der Waals surface area (Å²) in [6.07, 6.45) is 2.92. The maximum Gasteiger partial charge on any atom is 0.242 e. The molecule has 0 aromatic rings. The van der Waals surface area contributed by atoms with Crippen LogP contribution in [0.3, 0.4) is 0 Å². The second-order valence-electron chi connectivity index (χ2n) is 6.05. The van der Waals surface area contributed by atoms with Crippen LogP contribution in [0.5, 0.6) is 0 Å². The Balaban J connectivity index is 1.67. The van der Waals surface area contributed by atoms with Gasteiger partial charge in [0, 0.05) is 32.2 Å². The van der Waals surface area contributed by atoms with E-state index in [1.807, 2.05) is 4.90 Å². The van der Waals surface area contributed by atoms with Crippen molar-refractivity contribution in [3.63, 3.8) is 0 Å². The third kappa shape index (κ3) is 1.94. The van der Waals surface area contributed by atoms with Crippen LogP contribution >= 0.6 is 0 Å². The Bertz CT molecular complexity index is 341. The molecule has 5 nitrogen and oxygen atoms in total. The number of carbonyl (C=O) groups excluding carboxylic acids is 1. The van der Waals surface area contributed by atoms with Crippen molar-refractivity contribution < 1.29 is 14.6 Å². The van der Waals surface area contributed by atoms with E-state index < -0.39 is 5.54 Å². The maximum absolute atomic E-state index is 12.5. The minimum Gasteiger partial charge on any atom is -0.393 e. The lowest BCUT2D eigenvalue weighted by Crippen LogP contribution is -2.57. The average Bonchev–Trinajstić information content (AvgIpc) is 2.92. The van der Waals surface area contributed by atoms with E-state index in [1.165, 1.54) is 0 Å². The molecule has 18 heavy (non-hydrogen) atoms. The molecule has 3 fully saturated rings. The van der Waals surface area contributed by atoms with Gasteiger partial charge in [-0.05, 0) is 31.6 Å². The molecule has 1 amide bonds. The second kappa shape index (κ2) is 4.47. The van der Waals surface area contributed by atoms with Gasteiger partial charge in [0.05, 0.1) is 11.6 Å². The highest BCUT2D eigenvalue weighted by Crippen LogP contribution is 2.39. The Morgan fingerprint density at radius 1 is 1.28 bits per heavy atom. The molecule has 1 saturated carbocycles. The van der Waals surface area contributed by atoms with Crippen molar-refractivity contribution in [3.05, 3.63) is 0 Å². The van der Waals surface area contributed by atoms with Crippen LogP contribution in [0, 0.1) is 11.8 Å². The zero-order valence-corrected chi connectivity index (χ0v) is 10.7. The summed E-state index contributed by atoms with van der Waals surface area (Å²) in [6.45, 7) is 2.61. The van der Waals surface area contributed by atoms with E-state index in [2.05, 4.69) is 0 Å². The molecule has 5 heteroatoms. The molecule has 3 atom stereocenters. The number of carbonyl (C=O) groups is 1. The van der Waals surface area contributed by atoms with E-state index >= 15 is 0 Å². The van der Waals surface area contributed by atoms with E-state index in [4.69, 9.17) is 10.5 Å². The summed E-state index contributed by atoms with van der Waals surface area (Å²) in [5.41, 5.74) is 5.50. The molecule has 0 aromatic heterocycles. The number of rotatable bonds is 1. The molecule has 3 unspecified atom stereocenters. The Kier molecular flexibility index (Phi) is 3.08. The number of hydrogen-bond donors (Lipinski definition) is 2. The summed E-state index contributed by atoms with van der Waals surface area (Å²) in [4.78, 5) is 14.4. The van der Waals surface area contributed by atoms with Crippen molar-refractivity contribution in [2.24, 2.45) is 17.6 Å². The van der Waals surface area contributed by atoms with Crippen LogP contribution in [-0.2, 0) is 9.53 Å². The number of hydrogen-bond acceptors (Lipinski definition) is 4. The molecular weight excluding hydrogens is 232 g/mol. The molecule has 2 saturated heterocycles. The van der Waals surface area contributed by atoms with Gasteiger partial charge in [-0.1, -0.05) is 0 Å². The number of fused-ring (bicyclic) bond motifs is 1. The third-order valence-corrected chi connectivity index (χ3v) is 4.92. The number of aliphatic hydroxyl groups is 1. The summed E-state index contributed by atoms with van der Waals surface area (Å²) < 4.78 is 5.28. The first-order chi connectivity index (χ1) is 8.60. The molecular formula is C13H22N2O3. The van der Waals surface area contributed by atoms with E-state index in [9.17, 15) is 9.90 Å². The zero-order valence-electron chi connectivity index (χ0n) is 10.7. The topological polar surface area (TPSA) is 75.8 Å². The summed E-state index contributed by atoms with van der Waals surface area (Å²) in [6, 6.07) is 0. The molecule has 0 radical (unpaired) electrons. The molecule has 0 bridgehead atoms. The normalized spacial score (nSPS) is 38.8. The van der Waals surface area contributed by atoms with Crippen LogP contribution < -0.4 is 5.73 Å². The van der Waals surface area contributed by atoms with E-state index in [0.717, 1.165) is 19.4 Å². The number of ether oxygens (including phenoxy) is 1. The Morgan fingerprint density at radius 3 is 2.67 bits per heavy atom. The van der Waals surface area contributed by atoms with Crippen LogP contribution in [0.25, 0.3) is 0 Å². The minimum atomic E-state index is -0.734. The van der Waals surface area contributed by atoms with Crippen LogP contribution in [-0.4, -0.2) is 53.9 Å². The maximum atomic E-state index is 12.5. The predicted molar refractivity (Wildman–Crippen MR) is 65.8 cm³/mol. The summed E-state index contributed by atoms with van der Waals surface area (Å²) in [7, 11) is 0. The Morgan fingerprint density at radius 2 is 2.00 bits per heavy atom. The van der Waals surface area contributed by atoms with Gasteiger partial charge in [0.1, 0.15) is 0 Å². The fourth-order valence-electron chi connectivity index (χ4n) is 3.67. The first-order valence-electron chi connectivity index (χ1n) is 6.94. The first kappa shape index (κ1) is 12.4. The fourth-order valence-corrected chi connectivity index (χ4v) is 3.67. The molecule has 3 rings (SSSR count). The van der Waals surface area contributed by atoms with Crippen LogP contribution in [0.4, 0.5) is 0 Å². The molecule has 3 aliphatic rings. The van der Waals surface area contributed by atoms with Gasteiger partial charge in [-0.15, -0.1) is 0 Å². The van der Waals surface area contributed by atoms with Crippen LogP contribution in [0.15, 0.2) is 0 Å². The van der Waals surface area contributed by atoms with Crippen molar-refractivity contribution in [1.29, 1.82) is 0 Å². The van der Waals surface area contributed by atoms with Gasteiger partial charge >= 0.3 is 0 Å². The summed E-state index contributed by atoms with van der Waals surface area (Å²) >= 11 is 0. The average molecular weight is 254 g/mol. The monoisotopic (exact) mass is 254 g/mol. The number of aliphatic hydroxyl groups excluding tert-OH is 1. The second-order valence-corrected chi connectivity index (χ2v) is 6.05. The smallest absolute Gasteiger partial charge is 0.242 e. The molecule has 1 aliphatic carbocycles. The van der Waals surface area contributed by atoms with Gasteiger partial charge in [0.25, 0.3) is 0 Å². The van der Waals surface area contributed by atoms with Crippen molar-refractivity contribution >= 4 is 5.91 Å². The Hall–Kier alpha value is -0.650. The lowest BCUT2D eigenvalue weighted by molar-refractivity contribution is -0.139. The van der Waals surface area contributed by atoms with E-state index in [-0.39, 0.29) is 17.9 Å². The van der Waals surface area contributed by atoms with Gasteiger partial charge in [-0.3, -0.25) is 4.79 Å². The highest BCUT2D eigenvalue weighted by molar-refractivity contribution is 5.86. The molecule has 0 spiro atoms. The lowest BCUT2D eigenvalue weighted by Gasteiger charge is -2.35. The SMILES string of the molecule is NC1(C(=O)N2CC3CCC(O)C3C2)CCOCC1. The van der Waals surface area contributed by atoms with Gasteiger partial charge in [-0.2, -0.15) is 0 Å². The summed E-state index contributed by atoms with van der Waals surface area (Å²) in [5, 5.41) is 9.88. The molecule has 2 aliphatic heterocycles. The standard InChI is InChI=1S/C13H22N2O3/c14-13(3-5-18-6-4-13)12(17)15-7-9-1-2-11(16)10(9)8-15/h9-11,16H,1-8,14H2. The number of likely N-dealkylation sites (tertiary alicyclic amines) is 1. The van der Waals surface area contributed by atoms with Crippen LogP contribution in [0.2, 0.25) is 0 Å². The van der Waals surface area contributed by atoms with Crippen molar-refractivity contribution in [3.8, 4) is 0 Å². The van der Waals surface area contributed by atoms with Gasteiger partial charge in [0.15, 0.2) is 0 Å². The number of nitrogens with two attached hydrogens (primary N) is 1. The molecule has 0 aromatic carbocycles. The molecule has 2 heterocycles. The van der Waals surface area contributed by atoms with Gasteiger partial charge in [0.2, 0.25) is 5.91 Å². The summed E-state index contributed by atoms with van der Waals surface area (Å²) in [5.74, 6) is 0.817. The third-order valence-electron chi connectivity index (χ3n) is 4.92. The quantitative estimate of drug-likeness (QED) is 0.675. The predicted octanol–water partition coefficient (Wildman–Crippen LogP) is -0.276. The van der Waals surface area contributed by atoms with Crippen molar-refractivity contribution in [2.75, 3.05) is 26.3 Å². The van der Waals surface area contributed by atoms with Crippen molar-refractivity contribution in [1.82, 2.24) is 4.90 Å². The van der Waals surface area contributed by atoms with Crippen molar-refractivity contribution in [2.45, 2.75) is 37.3 Å². The van der Waals surface area contributed by atoms with Crippen LogP contribution in [0.1, 0.15) is 25.7 Å². The Labute approximate surface area is 107 Å². The number of nitrogens with zero attached hydrogens (tertiary/aromatic N) is 1. The van der Waals surface area contributed by atoms with E-state index in [0.29, 0.717) is 38.5 Å². The highest BCUT2D eigenvalue weighted by Gasteiger charge is 2.47. The largest absolute Gasteiger partial charge is 0.393 e. The van der Waals surface area contributed by atoms with E-state index in [1.54, 1.807) is 0 Å². The highest BCUT2D eigenvalue weighted by atomic mass is 16.5. The lowest BCUT2D eigenvalue weighted by atomic mass is 9.89. The van der Waals surface area contributed by atoms with Gasteiger partial charge in [-0.25, -0.2) is 0 Å². The zero-order chi connectivity index (χ0) is 12.8. The number of amides is 1. The minimum absolute atomic E-state index is 0.0624.